The molecule has 2 unspecified atom stereocenters. The van der Waals surface area contributed by atoms with Gasteiger partial charge in [0.1, 0.15) is 0 Å². The van der Waals surface area contributed by atoms with Crippen molar-refractivity contribution in [2.24, 2.45) is 11.3 Å². The van der Waals surface area contributed by atoms with Crippen molar-refractivity contribution in [3.05, 3.63) is 12.2 Å². The summed E-state index contributed by atoms with van der Waals surface area (Å²) in [6.07, 6.45) is 2.51. The van der Waals surface area contributed by atoms with E-state index in [0.29, 0.717) is 5.41 Å². The van der Waals surface area contributed by atoms with Gasteiger partial charge in [-0.2, -0.15) is 0 Å². The van der Waals surface area contributed by atoms with E-state index in [4.69, 9.17) is 0 Å². The molecule has 0 radical (unpaired) electrons. The van der Waals surface area contributed by atoms with Crippen LogP contribution in [0.5, 0.6) is 0 Å². The van der Waals surface area contributed by atoms with Gasteiger partial charge in [-0.1, -0.05) is 32.9 Å². The molecule has 0 spiro atoms. The van der Waals surface area contributed by atoms with E-state index in [2.05, 4.69) is 27.4 Å². The molecule has 52 valence electrons. The van der Waals surface area contributed by atoms with E-state index >= 15 is 0 Å². The fourth-order valence-corrected chi connectivity index (χ4v) is 1.47. The lowest BCUT2D eigenvalue weighted by Gasteiger charge is -2.10. The van der Waals surface area contributed by atoms with Gasteiger partial charge in [0.2, 0.25) is 0 Å². The molecule has 0 aliphatic heterocycles. The molecule has 0 saturated heterocycles. The Hall–Kier alpha value is -0.260. The van der Waals surface area contributed by atoms with Gasteiger partial charge in [-0.15, -0.1) is 0 Å². The van der Waals surface area contributed by atoms with Crippen LogP contribution in [0.1, 0.15) is 33.6 Å². The van der Waals surface area contributed by atoms with Gasteiger partial charge in [0.05, 0.1) is 0 Å². The Labute approximate surface area is 58.0 Å². The van der Waals surface area contributed by atoms with Crippen LogP contribution in [0.4, 0.5) is 0 Å². The summed E-state index contributed by atoms with van der Waals surface area (Å²) < 4.78 is 0. The Morgan fingerprint density at radius 1 is 1.78 bits per heavy atom. The summed E-state index contributed by atoms with van der Waals surface area (Å²) in [5, 5.41) is 0. The third kappa shape index (κ3) is 0.910. The van der Waals surface area contributed by atoms with Crippen LogP contribution in [-0.4, -0.2) is 0 Å². The number of rotatable bonds is 2. The van der Waals surface area contributed by atoms with Gasteiger partial charge in [0.15, 0.2) is 0 Å². The predicted molar refractivity (Wildman–Crippen MR) is 41.3 cm³/mol. The average Bonchev–Trinajstić information content (AvgIpc) is 2.41. The zero-order valence-corrected chi connectivity index (χ0v) is 6.70. The molecule has 0 aromatic rings. The van der Waals surface area contributed by atoms with Gasteiger partial charge in [-0.3, -0.25) is 0 Å². The van der Waals surface area contributed by atoms with Gasteiger partial charge in [-0.25, -0.2) is 0 Å². The lowest BCUT2D eigenvalue weighted by Crippen LogP contribution is -1.98. The molecular weight excluding hydrogens is 108 g/mol. The van der Waals surface area contributed by atoms with Crippen molar-refractivity contribution < 1.29 is 0 Å². The van der Waals surface area contributed by atoms with Crippen LogP contribution in [0, 0.1) is 11.3 Å². The van der Waals surface area contributed by atoms with E-state index in [1.807, 2.05) is 0 Å². The monoisotopic (exact) mass is 124 g/mol. The first-order valence-corrected chi connectivity index (χ1v) is 3.79. The van der Waals surface area contributed by atoms with Crippen molar-refractivity contribution in [1.29, 1.82) is 0 Å². The Kier molecular flexibility index (Phi) is 1.42. The molecule has 0 N–H and O–H groups in total. The first-order valence-electron chi connectivity index (χ1n) is 3.79. The molecular formula is C9H16. The minimum absolute atomic E-state index is 0.523. The van der Waals surface area contributed by atoms with Gasteiger partial charge in [0.25, 0.3) is 0 Å². The number of hydrogen-bond acceptors (Lipinski definition) is 0. The second-order valence-corrected chi connectivity index (χ2v) is 3.48. The molecule has 0 nitrogen and oxygen atoms in total. The SMILES string of the molecule is C=C(CC)C1(C)CC1C. The third-order valence-electron chi connectivity index (χ3n) is 2.89. The molecule has 1 aliphatic carbocycles. The quantitative estimate of drug-likeness (QED) is 0.496. The van der Waals surface area contributed by atoms with Crippen LogP contribution in [-0.2, 0) is 0 Å². The van der Waals surface area contributed by atoms with Gasteiger partial charge < -0.3 is 0 Å². The summed E-state index contributed by atoms with van der Waals surface area (Å²) in [5.74, 6) is 0.893. The molecule has 1 aliphatic rings. The second-order valence-electron chi connectivity index (χ2n) is 3.48. The molecule has 1 rings (SSSR count). The Balaban J connectivity index is 2.53. The van der Waals surface area contributed by atoms with Gasteiger partial charge in [-0.05, 0) is 24.2 Å². The summed E-state index contributed by atoms with van der Waals surface area (Å²) >= 11 is 0. The van der Waals surface area contributed by atoms with E-state index in [-0.39, 0.29) is 0 Å². The molecule has 0 heterocycles. The van der Waals surface area contributed by atoms with Crippen LogP contribution in [0.2, 0.25) is 0 Å². The number of allylic oxidation sites excluding steroid dienone is 1. The summed E-state index contributed by atoms with van der Waals surface area (Å²) in [6.45, 7) is 10.9. The molecule has 0 aromatic carbocycles. The lowest BCUT2D eigenvalue weighted by molar-refractivity contribution is 0.600. The topological polar surface area (TPSA) is 0 Å². The van der Waals surface area contributed by atoms with Crippen LogP contribution in [0.3, 0.4) is 0 Å². The molecule has 0 aromatic heterocycles. The fraction of sp³-hybridized carbons (Fsp3) is 0.778. The highest BCUT2D eigenvalue weighted by Gasteiger charge is 2.47. The van der Waals surface area contributed by atoms with Crippen molar-refractivity contribution in [3.63, 3.8) is 0 Å². The third-order valence-corrected chi connectivity index (χ3v) is 2.89. The highest BCUT2D eigenvalue weighted by molar-refractivity contribution is 5.19. The first kappa shape index (κ1) is 6.85. The zero-order valence-electron chi connectivity index (χ0n) is 6.70. The van der Waals surface area contributed by atoms with E-state index in [1.165, 1.54) is 12.0 Å². The first-order chi connectivity index (χ1) is 4.11. The number of hydrogen-bond donors (Lipinski definition) is 0. The Morgan fingerprint density at radius 3 is 2.33 bits per heavy atom. The smallest absolute Gasteiger partial charge is 0.00904 e. The van der Waals surface area contributed by atoms with Crippen molar-refractivity contribution in [2.45, 2.75) is 33.6 Å². The van der Waals surface area contributed by atoms with Gasteiger partial charge in [0, 0.05) is 0 Å². The van der Waals surface area contributed by atoms with Crippen molar-refractivity contribution >= 4 is 0 Å². The zero-order chi connectivity index (χ0) is 7.07. The standard InChI is InChI=1S/C9H16/c1-5-7(2)9(4)6-8(9)3/h8H,2,5-6H2,1,3-4H3. The highest BCUT2D eigenvalue weighted by atomic mass is 14.5. The van der Waals surface area contributed by atoms with Crippen LogP contribution in [0.25, 0.3) is 0 Å². The molecule has 1 fully saturated rings. The summed E-state index contributed by atoms with van der Waals surface area (Å²) in [7, 11) is 0. The Morgan fingerprint density at radius 2 is 2.22 bits per heavy atom. The van der Waals surface area contributed by atoms with Crippen LogP contribution in [0.15, 0.2) is 12.2 Å². The maximum atomic E-state index is 4.06. The van der Waals surface area contributed by atoms with Crippen molar-refractivity contribution in [2.75, 3.05) is 0 Å². The predicted octanol–water partition coefficient (Wildman–Crippen LogP) is 3.00. The normalized spacial score (nSPS) is 40.6. The van der Waals surface area contributed by atoms with E-state index in [1.54, 1.807) is 0 Å². The molecule has 0 amide bonds. The van der Waals surface area contributed by atoms with E-state index < -0.39 is 0 Å². The summed E-state index contributed by atoms with van der Waals surface area (Å²) in [5.41, 5.74) is 1.96. The van der Waals surface area contributed by atoms with E-state index in [0.717, 1.165) is 12.3 Å². The minimum Gasteiger partial charge on any atom is -0.0993 e. The maximum absolute atomic E-state index is 4.06. The molecule has 1 saturated carbocycles. The molecule has 0 bridgehead atoms. The van der Waals surface area contributed by atoms with Gasteiger partial charge >= 0.3 is 0 Å². The largest absolute Gasteiger partial charge is 0.0993 e. The second kappa shape index (κ2) is 1.86. The van der Waals surface area contributed by atoms with E-state index in [9.17, 15) is 0 Å². The summed E-state index contributed by atoms with van der Waals surface area (Å²) in [6, 6.07) is 0. The maximum Gasteiger partial charge on any atom is -0.00904 e. The highest BCUT2D eigenvalue weighted by Crippen LogP contribution is 2.57. The minimum atomic E-state index is 0.523. The molecule has 2 atom stereocenters. The molecule has 0 heteroatoms. The fourth-order valence-electron chi connectivity index (χ4n) is 1.47. The van der Waals surface area contributed by atoms with Crippen LogP contribution >= 0.6 is 0 Å². The lowest BCUT2D eigenvalue weighted by atomic mass is 9.95. The Bertz CT molecular complexity index is 135. The van der Waals surface area contributed by atoms with Crippen LogP contribution < -0.4 is 0 Å². The van der Waals surface area contributed by atoms with Crippen molar-refractivity contribution in [1.82, 2.24) is 0 Å². The average molecular weight is 124 g/mol. The summed E-state index contributed by atoms with van der Waals surface area (Å²) in [4.78, 5) is 0. The van der Waals surface area contributed by atoms with Crippen molar-refractivity contribution in [3.8, 4) is 0 Å². The molecule has 9 heavy (non-hydrogen) atoms.